The third-order valence-corrected chi connectivity index (χ3v) is 1.40. The van der Waals surface area contributed by atoms with E-state index in [4.69, 9.17) is 0 Å². The number of hydrogen-bond donors (Lipinski definition) is 1. The van der Waals surface area contributed by atoms with Crippen LogP contribution in [-0.4, -0.2) is 25.3 Å². The minimum atomic E-state index is -2.78. The van der Waals surface area contributed by atoms with Crippen LogP contribution in [-0.2, 0) is 4.79 Å². The average Bonchev–Trinajstić information content (AvgIpc) is 1.60. The van der Waals surface area contributed by atoms with Crippen LogP contribution in [0.1, 0.15) is 0 Å². The van der Waals surface area contributed by atoms with Gasteiger partial charge < -0.3 is 5.32 Å². The van der Waals surface area contributed by atoms with E-state index in [0.29, 0.717) is 13.1 Å². The second-order valence-electron chi connectivity index (χ2n) is 2.06. The van der Waals surface area contributed by atoms with E-state index in [1.165, 1.54) is 0 Å². The summed E-state index contributed by atoms with van der Waals surface area (Å²) in [6.45, 7) is 0.840. The number of carbonyl (C=O) groups excluding carboxylic acids is 1. The van der Waals surface area contributed by atoms with Gasteiger partial charge in [0.25, 0.3) is 6.43 Å². The molecule has 52 valence electrons. The van der Waals surface area contributed by atoms with Crippen LogP contribution in [0.15, 0.2) is 0 Å². The summed E-state index contributed by atoms with van der Waals surface area (Å²) in [5.41, 5.74) is 0. The lowest BCUT2D eigenvalue weighted by Gasteiger charge is -2.24. The largest absolute Gasteiger partial charge is 0.315 e. The van der Waals surface area contributed by atoms with Crippen molar-refractivity contribution in [3.05, 3.63) is 0 Å². The molecule has 0 unspecified atom stereocenters. The first-order valence-electron chi connectivity index (χ1n) is 2.74. The number of carbonyl (C=O) groups is 1. The highest BCUT2D eigenvalue weighted by Crippen LogP contribution is 2.09. The van der Waals surface area contributed by atoms with E-state index >= 15 is 0 Å². The topological polar surface area (TPSA) is 29.1 Å². The highest BCUT2D eigenvalue weighted by atomic mass is 19.3. The van der Waals surface area contributed by atoms with Gasteiger partial charge in [-0.05, 0) is 0 Å². The summed E-state index contributed by atoms with van der Waals surface area (Å²) in [4.78, 5) is 10.3. The standard InChI is InChI=1S/C5H7F2NO/c6-5(7)4(9)3-1-8-2-3/h3,5,8H,1-2H2. The lowest BCUT2D eigenvalue weighted by molar-refractivity contribution is -0.135. The van der Waals surface area contributed by atoms with Gasteiger partial charge in [-0.1, -0.05) is 0 Å². The molecule has 1 rings (SSSR count). The number of hydrogen-bond acceptors (Lipinski definition) is 2. The normalized spacial score (nSPS) is 19.9. The Balaban J connectivity index is 2.32. The van der Waals surface area contributed by atoms with Crippen LogP contribution in [0.25, 0.3) is 0 Å². The van der Waals surface area contributed by atoms with Crippen LogP contribution in [0.3, 0.4) is 0 Å². The van der Waals surface area contributed by atoms with Crippen molar-refractivity contribution < 1.29 is 13.6 Å². The van der Waals surface area contributed by atoms with E-state index in [1.807, 2.05) is 0 Å². The second-order valence-corrected chi connectivity index (χ2v) is 2.06. The molecule has 0 bridgehead atoms. The number of alkyl halides is 2. The van der Waals surface area contributed by atoms with Crippen molar-refractivity contribution in [2.24, 2.45) is 5.92 Å². The van der Waals surface area contributed by atoms with E-state index in [1.54, 1.807) is 0 Å². The predicted octanol–water partition coefficient (Wildman–Crippen LogP) is 0.0400. The zero-order chi connectivity index (χ0) is 6.85. The van der Waals surface area contributed by atoms with Gasteiger partial charge in [-0.25, -0.2) is 8.78 Å². The Hall–Kier alpha value is -0.510. The predicted molar refractivity (Wildman–Crippen MR) is 27.4 cm³/mol. The summed E-state index contributed by atoms with van der Waals surface area (Å²) in [5, 5.41) is 2.74. The summed E-state index contributed by atoms with van der Waals surface area (Å²) in [6, 6.07) is 0. The Morgan fingerprint density at radius 3 is 2.22 bits per heavy atom. The van der Waals surface area contributed by atoms with Crippen molar-refractivity contribution in [1.82, 2.24) is 5.32 Å². The molecule has 0 aromatic heterocycles. The van der Waals surface area contributed by atoms with Crippen molar-refractivity contribution in [1.29, 1.82) is 0 Å². The molecule has 9 heavy (non-hydrogen) atoms. The van der Waals surface area contributed by atoms with E-state index in [9.17, 15) is 13.6 Å². The Morgan fingerprint density at radius 1 is 1.56 bits per heavy atom. The summed E-state index contributed by atoms with van der Waals surface area (Å²) in [7, 11) is 0. The van der Waals surface area contributed by atoms with E-state index in [2.05, 4.69) is 5.32 Å². The van der Waals surface area contributed by atoms with Gasteiger partial charge in [0.1, 0.15) is 0 Å². The SMILES string of the molecule is O=C(C(F)F)C1CNC1. The van der Waals surface area contributed by atoms with E-state index in [0.717, 1.165) is 0 Å². The molecule has 0 aliphatic carbocycles. The molecule has 0 aromatic rings. The maximum atomic E-state index is 11.5. The zero-order valence-electron chi connectivity index (χ0n) is 4.73. The van der Waals surface area contributed by atoms with Crippen molar-refractivity contribution in [2.45, 2.75) is 6.43 Å². The van der Waals surface area contributed by atoms with Gasteiger partial charge in [0, 0.05) is 19.0 Å². The van der Waals surface area contributed by atoms with Crippen LogP contribution in [0.5, 0.6) is 0 Å². The molecule has 0 saturated carbocycles. The molecule has 2 nitrogen and oxygen atoms in total. The average molecular weight is 135 g/mol. The summed E-state index contributed by atoms with van der Waals surface area (Å²) >= 11 is 0. The van der Waals surface area contributed by atoms with Crippen molar-refractivity contribution >= 4 is 5.78 Å². The molecule has 0 aromatic carbocycles. The summed E-state index contributed by atoms with van der Waals surface area (Å²) in [5.74, 6) is -1.35. The van der Waals surface area contributed by atoms with Gasteiger partial charge in [-0.15, -0.1) is 0 Å². The molecule has 1 aliphatic rings. The molecule has 1 saturated heterocycles. The van der Waals surface area contributed by atoms with Gasteiger partial charge in [0.05, 0.1) is 0 Å². The molecule has 1 N–H and O–H groups in total. The second kappa shape index (κ2) is 2.39. The third-order valence-electron chi connectivity index (χ3n) is 1.40. The molecule has 0 radical (unpaired) electrons. The first-order valence-corrected chi connectivity index (χ1v) is 2.74. The maximum Gasteiger partial charge on any atom is 0.296 e. The number of ketones is 1. The zero-order valence-corrected chi connectivity index (χ0v) is 4.73. The van der Waals surface area contributed by atoms with Gasteiger partial charge >= 0.3 is 0 Å². The molecule has 0 amide bonds. The molecule has 1 heterocycles. The van der Waals surface area contributed by atoms with Gasteiger partial charge in [-0.3, -0.25) is 4.79 Å². The number of Topliss-reactive ketones (excluding diaryl/α,β-unsaturated/α-hetero) is 1. The Kier molecular flexibility index (Phi) is 1.75. The van der Waals surface area contributed by atoms with Gasteiger partial charge in [0.2, 0.25) is 5.78 Å². The highest BCUT2D eigenvalue weighted by molar-refractivity contribution is 5.85. The van der Waals surface area contributed by atoms with Crippen molar-refractivity contribution in [3.8, 4) is 0 Å². The van der Waals surface area contributed by atoms with Crippen molar-refractivity contribution in [2.75, 3.05) is 13.1 Å². The first-order chi connectivity index (χ1) is 4.22. The molecule has 4 heteroatoms. The summed E-state index contributed by atoms with van der Waals surface area (Å²) < 4.78 is 23.0. The lowest BCUT2D eigenvalue weighted by atomic mass is 9.99. The molecule has 0 atom stereocenters. The minimum absolute atomic E-state index is 0.420. The van der Waals surface area contributed by atoms with Crippen LogP contribution in [0.2, 0.25) is 0 Å². The van der Waals surface area contributed by atoms with Crippen LogP contribution in [0.4, 0.5) is 8.78 Å². The van der Waals surface area contributed by atoms with Crippen LogP contribution < -0.4 is 5.32 Å². The maximum absolute atomic E-state index is 11.5. The Labute approximate surface area is 51.2 Å². The first kappa shape index (κ1) is 6.61. The number of rotatable bonds is 2. The molecule has 1 aliphatic heterocycles. The smallest absolute Gasteiger partial charge is 0.296 e. The fourth-order valence-electron chi connectivity index (χ4n) is 0.668. The number of nitrogens with one attached hydrogen (secondary N) is 1. The highest BCUT2D eigenvalue weighted by Gasteiger charge is 2.30. The minimum Gasteiger partial charge on any atom is -0.315 e. The summed E-state index contributed by atoms with van der Waals surface area (Å²) in [6.07, 6.45) is -2.78. The fraction of sp³-hybridized carbons (Fsp3) is 0.800. The Morgan fingerprint density at radius 2 is 2.11 bits per heavy atom. The van der Waals surface area contributed by atoms with Gasteiger partial charge in [0.15, 0.2) is 0 Å². The quantitative estimate of drug-likeness (QED) is 0.579. The monoisotopic (exact) mass is 135 g/mol. The van der Waals surface area contributed by atoms with Crippen LogP contribution in [0, 0.1) is 5.92 Å². The van der Waals surface area contributed by atoms with Crippen LogP contribution >= 0.6 is 0 Å². The molecular formula is C5H7F2NO. The van der Waals surface area contributed by atoms with E-state index in [-0.39, 0.29) is 0 Å². The fourth-order valence-corrected chi connectivity index (χ4v) is 0.668. The molecule has 0 spiro atoms. The Bertz CT molecular complexity index is 122. The molecular weight excluding hydrogens is 128 g/mol. The van der Waals surface area contributed by atoms with E-state index < -0.39 is 18.1 Å². The van der Waals surface area contributed by atoms with Gasteiger partial charge in [-0.2, -0.15) is 0 Å². The number of halogens is 2. The third kappa shape index (κ3) is 1.24. The lowest BCUT2D eigenvalue weighted by Crippen LogP contribution is -2.48. The van der Waals surface area contributed by atoms with Crippen molar-refractivity contribution in [3.63, 3.8) is 0 Å². The molecule has 1 fully saturated rings.